The van der Waals surface area contributed by atoms with E-state index in [2.05, 4.69) is 6.92 Å². The van der Waals surface area contributed by atoms with Crippen molar-refractivity contribution < 1.29 is 5.11 Å². The number of aliphatic hydroxyl groups excluding tert-OH is 1. The molecule has 0 spiro atoms. The summed E-state index contributed by atoms with van der Waals surface area (Å²) in [5.41, 5.74) is 1.56. The van der Waals surface area contributed by atoms with Crippen molar-refractivity contribution >= 4 is 11.6 Å². The van der Waals surface area contributed by atoms with Gasteiger partial charge in [0.1, 0.15) is 0 Å². The van der Waals surface area contributed by atoms with E-state index in [9.17, 15) is 5.11 Å². The maximum atomic E-state index is 9.73. The van der Waals surface area contributed by atoms with E-state index in [-0.39, 0.29) is 6.10 Å². The Kier molecular flexibility index (Phi) is 4.82. The molecule has 0 aromatic carbocycles. The minimum absolute atomic E-state index is 0.101. The van der Waals surface area contributed by atoms with Crippen molar-refractivity contribution in [3.63, 3.8) is 0 Å². The first-order chi connectivity index (χ1) is 6.27. The summed E-state index contributed by atoms with van der Waals surface area (Å²) in [6.07, 6.45) is 7.36. The molecule has 0 radical (unpaired) electrons. The molecule has 1 N–H and O–H groups in total. The number of rotatable bonds is 3. The summed E-state index contributed by atoms with van der Waals surface area (Å²) in [7, 11) is 0. The summed E-state index contributed by atoms with van der Waals surface area (Å²) in [5, 5.41) is 9.73. The van der Waals surface area contributed by atoms with Gasteiger partial charge in [-0.15, -0.1) is 0 Å². The van der Waals surface area contributed by atoms with E-state index in [1.165, 1.54) is 19.3 Å². The van der Waals surface area contributed by atoms with Crippen molar-refractivity contribution in [3.8, 4) is 0 Å². The van der Waals surface area contributed by atoms with E-state index in [4.69, 9.17) is 11.6 Å². The first-order valence-corrected chi connectivity index (χ1v) is 5.64. The summed E-state index contributed by atoms with van der Waals surface area (Å²) < 4.78 is 0. The van der Waals surface area contributed by atoms with E-state index in [0.717, 1.165) is 18.8 Å². The molecular formula is C11H19ClO. The Balaban J connectivity index is 2.40. The topological polar surface area (TPSA) is 20.2 Å². The van der Waals surface area contributed by atoms with Crippen molar-refractivity contribution in [1.29, 1.82) is 0 Å². The van der Waals surface area contributed by atoms with Gasteiger partial charge in [0.25, 0.3) is 0 Å². The summed E-state index contributed by atoms with van der Waals surface area (Å²) in [6.45, 7) is 2.23. The number of hydrogen-bond acceptors (Lipinski definition) is 1. The molecule has 1 aliphatic carbocycles. The maximum absolute atomic E-state index is 9.73. The van der Waals surface area contributed by atoms with Gasteiger partial charge in [0.2, 0.25) is 0 Å². The fourth-order valence-electron chi connectivity index (χ4n) is 2.20. The van der Waals surface area contributed by atoms with E-state index >= 15 is 0 Å². The zero-order chi connectivity index (χ0) is 9.68. The summed E-state index contributed by atoms with van der Waals surface area (Å²) in [5.74, 6) is 1.26. The van der Waals surface area contributed by atoms with Gasteiger partial charge in [-0.05, 0) is 37.5 Å². The molecule has 0 heterocycles. The van der Waals surface area contributed by atoms with Crippen LogP contribution >= 0.6 is 11.6 Å². The molecular weight excluding hydrogens is 184 g/mol. The van der Waals surface area contributed by atoms with E-state index in [1.54, 1.807) is 5.54 Å². The summed E-state index contributed by atoms with van der Waals surface area (Å²) >= 11 is 5.48. The van der Waals surface area contributed by atoms with Crippen molar-refractivity contribution in [1.82, 2.24) is 0 Å². The minimum Gasteiger partial charge on any atom is -0.393 e. The zero-order valence-electron chi connectivity index (χ0n) is 8.25. The van der Waals surface area contributed by atoms with Crippen molar-refractivity contribution in [2.45, 2.75) is 45.1 Å². The molecule has 0 aliphatic heterocycles. The van der Waals surface area contributed by atoms with Gasteiger partial charge in [0.05, 0.1) is 6.10 Å². The highest BCUT2D eigenvalue weighted by Gasteiger charge is 2.27. The molecule has 0 aromatic heterocycles. The van der Waals surface area contributed by atoms with Crippen LogP contribution in [0.25, 0.3) is 0 Å². The van der Waals surface area contributed by atoms with Crippen LogP contribution in [0.3, 0.4) is 0 Å². The Bertz CT molecular complexity index is 167. The summed E-state index contributed by atoms with van der Waals surface area (Å²) in [6, 6.07) is 0. The van der Waals surface area contributed by atoms with Gasteiger partial charge in [-0.3, -0.25) is 0 Å². The number of hydrogen-bond donors (Lipinski definition) is 1. The van der Waals surface area contributed by atoms with Gasteiger partial charge in [0.15, 0.2) is 0 Å². The third kappa shape index (κ3) is 3.32. The second-order valence-corrected chi connectivity index (χ2v) is 4.26. The number of aliphatic hydroxyl groups is 1. The first-order valence-electron chi connectivity index (χ1n) is 5.21. The third-order valence-corrected chi connectivity index (χ3v) is 3.33. The Hall–Kier alpha value is -0.0100. The quantitative estimate of drug-likeness (QED) is 0.745. The van der Waals surface area contributed by atoms with Crippen molar-refractivity contribution in [3.05, 3.63) is 11.6 Å². The molecule has 3 atom stereocenters. The molecule has 1 fully saturated rings. The Morgan fingerprint density at radius 3 is 2.85 bits per heavy atom. The monoisotopic (exact) mass is 202 g/mol. The first kappa shape index (κ1) is 11.1. The van der Waals surface area contributed by atoms with Gasteiger partial charge in [-0.1, -0.05) is 31.0 Å². The van der Waals surface area contributed by atoms with Crippen LogP contribution in [0.1, 0.15) is 39.0 Å². The van der Waals surface area contributed by atoms with Gasteiger partial charge < -0.3 is 5.11 Å². The Morgan fingerprint density at radius 2 is 2.23 bits per heavy atom. The van der Waals surface area contributed by atoms with Crippen LogP contribution in [-0.4, -0.2) is 11.2 Å². The van der Waals surface area contributed by atoms with Crippen LogP contribution in [0.5, 0.6) is 0 Å². The number of allylic oxidation sites excluding steroid dienone is 1. The minimum atomic E-state index is -0.101. The van der Waals surface area contributed by atoms with Gasteiger partial charge in [0, 0.05) is 5.54 Å². The van der Waals surface area contributed by atoms with Crippen LogP contribution in [0.15, 0.2) is 11.6 Å². The lowest BCUT2D eigenvalue weighted by Crippen LogP contribution is -2.28. The Labute approximate surface area is 85.8 Å². The molecule has 1 saturated carbocycles. The largest absolute Gasteiger partial charge is 0.393 e. The molecule has 1 aliphatic rings. The molecule has 0 aromatic rings. The predicted molar refractivity (Wildman–Crippen MR) is 56.7 cm³/mol. The third-order valence-electron chi connectivity index (χ3n) is 3.16. The maximum Gasteiger partial charge on any atom is 0.0571 e. The highest BCUT2D eigenvalue weighted by molar-refractivity contribution is 6.25. The molecule has 0 bridgehead atoms. The smallest absolute Gasteiger partial charge is 0.0571 e. The average molecular weight is 203 g/mol. The highest BCUT2D eigenvalue weighted by atomic mass is 35.5. The second-order valence-electron chi connectivity index (χ2n) is 4.01. The van der Waals surface area contributed by atoms with Gasteiger partial charge in [-0.25, -0.2) is 0 Å². The fraction of sp³-hybridized carbons (Fsp3) is 0.818. The lowest BCUT2D eigenvalue weighted by atomic mass is 9.77. The lowest BCUT2D eigenvalue weighted by Gasteiger charge is -2.32. The predicted octanol–water partition coefficient (Wildman–Crippen LogP) is 3.32. The second kappa shape index (κ2) is 5.66. The Morgan fingerprint density at radius 1 is 1.46 bits per heavy atom. The molecule has 2 heteroatoms. The molecule has 3 unspecified atom stereocenters. The van der Waals surface area contributed by atoms with Crippen molar-refractivity contribution in [2.24, 2.45) is 11.8 Å². The lowest BCUT2D eigenvalue weighted by molar-refractivity contribution is 0.0488. The molecule has 76 valence electrons. The van der Waals surface area contributed by atoms with Gasteiger partial charge in [-0.2, -0.15) is 0 Å². The van der Waals surface area contributed by atoms with Crippen molar-refractivity contribution in [2.75, 3.05) is 0 Å². The molecule has 0 amide bonds. The molecule has 1 rings (SSSR count). The SMILES string of the molecule is CCC1CCC(O)C(C/C=C/Cl)C1. The van der Waals surface area contributed by atoms with E-state index < -0.39 is 0 Å². The van der Waals surface area contributed by atoms with Crippen LogP contribution in [0, 0.1) is 11.8 Å². The van der Waals surface area contributed by atoms with Crippen LogP contribution in [0.2, 0.25) is 0 Å². The van der Waals surface area contributed by atoms with Crippen LogP contribution in [0.4, 0.5) is 0 Å². The molecule has 0 saturated heterocycles. The zero-order valence-corrected chi connectivity index (χ0v) is 9.00. The highest BCUT2D eigenvalue weighted by Crippen LogP contribution is 2.33. The van der Waals surface area contributed by atoms with E-state index in [0.29, 0.717) is 5.92 Å². The summed E-state index contributed by atoms with van der Waals surface area (Å²) in [4.78, 5) is 0. The average Bonchev–Trinajstić information content (AvgIpc) is 2.17. The normalized spacial score (nSPS) is 35.5. The number of halogens is 1. The van der Waals surface area contributed by atoms with Crippen LogP contribution < -0.4 is 0 Å². The fourth-order valence-corrected chi connectivity index (χ4v) is 2.30. The van der Waals surface area contributed by atoms with E-state index in [1.807, 2.05) is 6.08 Å². The standard InChI is InChI=1S/C11H19ClO/c1-2-9-5-6-11(13)10(8-9)4-3-7-12/h3,7,9-11,13H,2,4-6,8H2,1H3/b7-3+. The van der Waals surface area contributed by atoms with Crippen LogP contribution in [-0.2, 0) is 0 Å². The van der Waals surface area contributed by atoms with Gasteiger partial charge >= 0.3 is 0 Å². The molecule has 1 nitrogen and oxygen atoms in total. The molecule has 13 heavy (non-hydrogen) atoms.